The number of nitrogens with two attached hydrogens (primary N) is 1. The fraction of sp³-hybridized carbons (Fsp3) is 0. The lowest BCUT2D eigenvalue weighted by Gasteiger charge is -2.09. The number of rotatable bonds is 2. The summed E-state index contributed by atoms with van der Waals surface area (Å²) in [6, 6.07) is 9.83. The van der Waals surface area contributed by atoms with Crippen molar-refractivity contribution >= 4 is 17.3 Å². The van der Waals surface area contributed by atoms with E-state index < -0.39 is 23.1 Å². The maximum Gasteiger partial charge on any atom is 0.215 e. The third-order valence-electron chi connectivity index (χ3n) is 2.38. The second-order valence-corrected chi connectivity index (χ2v) is 3.81. The molecule has 20 heavy (non-hydrogen) atoms. The van der Waals surface area contributed by atoms with E-state index in [9.17, 15) is 13.2 Å². The van der Waals surface area contributed by atoms with Crippen molar-refractivity contribution in [3.8, 4) is 0 Å². The Hall–Kier alpha value is -2.54. The number of benzene rings is 2. The predicted molar refractivity (Wildman–Crippen MR) is 70.8 cm³/mol. The number of guanidine groups is 1. The molecule has 0 radical (unpaired) electrons. The fourth-order valence-corrected chi connectivity index (χ4v) is 1.51. The third kappa shape index (κ3) is 3.27. The van der Waals surface area contributed by atoms with Gasteiger partial charge in [0.1, 0.15) is 11.5 Å². The lowest BCUT2D eigenvalue weighted by molar-refractivity contribution is 0.546. The van der Waals surface area contributed by atoms with Gasteiger partial charge >= 0.3 is 0 Å². The molecule has 4 nitrogen and oxygen atoms in total. The summed E-state index contributed by atoms with van der Waals surface area (Å²) in [5, 5.41) is 2.73. The summed E-state index contributed by atoms with van der Waals surface area (Å²) in [7, 11) is 0. The van der Waals surface area contributed by atoms with Crippen LogP contribution in [0.2, 0.25) is 0 Å². The zero-order valence-corrected chi connectivity index (χ0v) is 10.2. The van der Waals surface area contributed by atoms with Crippen LogP contribution in [0.25, 0.3) is 0 Å². The van der Waals surface area contributed by atoms with Gasteiger partial charge in [-0.25, -0.2) is 24.0 Å². The molecule has 0 spiro atoms. The predicted octanol–water partition coefficient (Wildman–Crippen LogP) is 2.67. The second-order valence-electron chi connectivity index (χ2n) is 3.81. The van der Waals surface area contributed by atoms with Crippen LogP contribution in [0.3, 0.4) is 0 Å². The van der Waals surface area contributed by atoms with E-state index in [4.69, 9.17) is 5.84 Å². The van der Waals surface area contributed by atoms with Crippen molar-refractivity contribution in [3.05, 3.63) is 59.9 Å². The number of para-hydroxylation sites is 1. The summed E-state index contributed by atoms with van der Waals surface area (Å²) in [5.41, 5.74) is 2.16. The largest absolute Gasteiger partial charge is 0.325 e. The van der Waals surface area contributed by atoms with E-state index in [0.29, 0.717) is 17.8 Å². The van der Waals surface area contributed by atoms with Crippen LogP contribution in [0.15, 0.2) is 47.5 Å². The van der Waals surface area contributed by atoms with Crippen LogP contribution in [0, 0.1) is 17.5 Å². The molecule has 0 aliphatic rings. The fourth-order valence-electron chi connectivity index (χ4n) is 1.51. The van der Waals surface area contributed by atoms with E-state index in [1.165, 1.54) is 0 Å². The monoisotopic (exact) mass is 280 g/mol. The number of nitrogens with zero attached hydrogens (tertiary/aromatic N) is 1. The Labute approximate surface area is 113 Å². The summed E-state index contributed by atoms with van der Waals surface area (Å²) < 4.78 is 39.7. The first-order valence-electron chi connectivity index (χ1n) is 5.62. The Morgan fingerprint density at radius 3 is 2.15 bits per heavy atom. The van der Waals surface area contributed by atoms with Gasteiger partial charge in [-0.1, -0.05) is 18.2 Å². The average Bonchev–Trinajstić information content (AvgIpc) is 2.42. The molecule has 2 rings (SSSR count). The minimum Gasteiger partial charge on any atom is -0.325 e. The van der Waals surface area contributed by atoms with Gasteiger partial charge in [-0.2, -0.15) is 0 Å². The Bertz CT molecular complexity index is 606. The molecule has 7 heteroatoms. The molecular formula is C13H11F3N4. The molecule has 0 aliphatic heterocycles. The second kappa shape index (κ2) is 6.07. The van der Waals surface area contributed by atoms with Crippen LogP contribution in [0.5, 0.6) is 0 Å². The summed E-state index contributed by atoms with van der Waals surface area (Å²) in [5.74, 6) is 1.90. The zero-order valence-electron chi connectivity index (χ0n) is 10.2. The van der Waals surface area contributed by atoms with Gasteiger partial charge in [0.05, 0.1) is 0 Å². The van der Waals surface area contributed by atoms with Gasteiger partial charge < -0.3 is 5.32 Å². The molecule has 0 bridgehead atoms. The van der Waals surface area contributed by atoms with E-state index in [2.05, 4.69) is 15.7 Å². The van der Waals surface area contributed by atoms with Gasteiger partial charge in [0.25, 0.3) is 0 Å². The Kier molecular flexibility index (Phi) is 4.21. The number of hydrazine groups is 1. The quantitative estimate of drug-likeness (QED) is 0.343. The molecule has 0 aromatic heterocycles. The van der Waals surface area contributed by atoms with E-state index in [1.807, 2.05) is 0 Å². The number of aliphatic imine (C=N–C) groups is 1. The van der Waals surface area contributed by atoms with Crippen LogP contribution in [-0.2, 0) is 0 Å². The van der Waals surface area contributed by atoms with Gasteiger partial charge in [-0.05, 0) is 12.1 Å². The van der Waals surface area contributed by atoms with Crippen molar-refractivity contribution < 1.29 is 13.2 Å². The lowest BCUT2D eigenvalue weighted by atomic mass is 10.3. The highest BCUT2D eigenvalue weighted by Gasteiger charge is 2.12. The number of nitrogens with one attached hydrogen (secondary N) is 2. The number of halogens is 3. The van der Waals surface area contributed by atoms with Crippen molar-refractivity contribution in [2.75, 3.05) is 5.32 Å². The van der Waals surface area contributed by atoms with Crippen molar-refractivity contribution in [3.63, 3.8) is 0 Å². The minimum absolute atomic E-state index is 0.0828. The van der Waals surface area contributed by atoms with E-state index >= 15 is 0 Å². The first-order valence-corrected chi connectivity index (χ1v) is 5.62. The lowest BCUT2D eigenvalue weighted by Crippen LogP contribution is -2.36. The molecule has 4 N–H and O–H groups in total. The standard InChI is InChI=1S/C13H11F3N4/c14-8-6-10(15)12(11(16)7-8)19-13(20-17)18-9-4-2-1-3-5-9/h1-7H,17H2,(H2,18,19,20). The van der Waals surface area contributed by atoms with Crippen LogP contribution < -0.4 is 16.6 Å². The van der Waals surface area contributed by atoms with Crippen LogP contribution in [0.1, 0.15) is 0 Å². The van der Waals surface area contributed by atoms with Crippen molar-refractivity contribution in [1.29, 1.82) is 0 Å². The van der Waals surface area contributed by atoms with Gasteiger partial charge in [0.15, 0.2) is 11.6 Å². The molecule has 0 saturated heterocycles. The maximum absolute atomic E-state index is 13.5. The maximum atomic E-state index is 13.5. The Morgan fingerprint density at radius 2 is 1.60 bits per heavy atom. The summed E-state index contributed by atoms with van der Waals surface area (Å²) in [6.07, 6.45) is 0. The molecule has 2 aromatic carbocycles. The topological polar surface area (TPSA) is 62.4 Å². The Balaban J connectivity index is 2.32. The van der Waals surface area contributed by atoms with Gasteiger partial charge in [0, 0.05) is 17.8 Å². The molecular weight excluding hydrogens is 269 g/mol. The average molecular weight is 280 g/mol. The molecule has 0 amide bonds. The molecule has 0 fully saturated rings. The number of hydrogen-bond donors (Lipinski definition) is 3. The van der Waals surface area contributed by atoms with E-state index in [-0.39, 0.29) is 5.96 Å². The molecule has 2 aromatic rings. The normalized spacial score (nSPS) is 11.3. The van der Waals surface area contributed by atoms with Gasteiger partial charge in [-0.3, -0.25) is 5.43 Å². The summed E-state index contributed by atoms with van der Waals surface area (Å²) in [6.45, 7) is 0. The molecule has 0 heterocycles. The van der Waals surface area contributed by atoms with E-state index in [1.54, 1.807) is 30.3 Å². The van der Waals surface area contributed by atoms with Crippen molar-refractivity contribution in [2.45, 2.75) is 0 Å². The van der Waals surface area contributed by atoms with Crippen LogP contribution >= 0.6 is 0 Å². The van der Waals surface area contributed by atoms with Crippen LogP contribution in [0.4, 0.5) is 24.5 Å². The molecule has 0 unspecified atom stereocenters. The van der Waals surface area contributed by atoms with Gasteiger partial charge in [0.2, 0.25) is 5.96 Å². The minimum atomic E-state index is -1.12. The number of anilines is 1. The molecule has 0 aliphatic carbocycles. The highest BCUT2D eigenvalue weighted by molar-refractivity contribution is 5.94. The molecule has 0 atom stereocenters. The SMILES string of the molecule is NNC(=Nc1c(F)cc(F)cc1F)Nc1ccccc1. The molecule has 0 saturated carbocycles. The highest BCUT2D eigenvalue weighted by Crippen LogP contribution is 2.23. The van der Waals surface area contributed by atoms with Gasteiger partial charge in [-0.15, -0.1) is 0 Å². The molecule has 104 valence electrons. The van der Waals surface area contributed by atoms with E-state index in [0.717, 1.165) is 0 Å². The first-order chi connectivity index (χ1) is 9.60. The summed E-state index contributed by atoms with van der Waals surface area (Å²) >= 11 is 0. The number of hydrogen-bond acceptors (Lipinski definition) is 2. The highest BCUT2D eigenvalue weighted by atomic mass is 19.1. The zero-order chi connectivity index (χ0) is 14.5. The van der Waals surface area contributed by atoms with Crippen molar-refractivity contribution in [1.82, 2.24) is 5.43 Å². The van der Waals surface area contributed by atoms with Crippen LogP contribution in [-0.4, -0.2) is 5.96 Å². The van der Waals surface area contributed by atoms with Crippen molar-refractivity contribution in [2.24, 2.45) is 10.8 Å². The third-order valence-corrected chi connectivity index (χ3v) is 2.38. The first kappa shape index (κ1) is 13.9. The smallest absolute Gasteiger partial charge is 0.215 e. The Morgan fingerprint density at radius 1 is 1.00 bits per heavy atom. The summed E-state index contributed by atoms with van der Waals surface area (Å²) in [4.78, 5) is 3.67.